The van der Waals surface area contributed by atoms with Crippen LogP contribution in [0.2, 0.25) is 0 Å². The third kappa shape index (κ3) is 8.60. The number of amides is 1. The molecule has 0 saturated heterocycles. The van der Waals surface area contributed by atoms with E-state index >= 15 is 0 Å². The summed E-state index contributed by atoms with van der Waals surface area (Å²) >= 11 is 0. The van der Waals surface area contributed by atoms with Gasteiger partial charge < -0.3 is 19.9 Å². The second-order valence-electron chi connectivity index (χ2n) is 7.21. The molecule has 0 aliphatic rings. The highest BCUT2D eigenvalue weighted by Gasteiger charge is 2.31. The molecule has 170 valence electrons. The standard InChI is InChI=1S/C23H22F3NO5/c1-22(2,21(29)30)31-18-13-9-17(10-14-18)15-27-20(28)6-4-3-5-16-7-11-19(12-8-16)32-23(24,25)26/h7-14H,4,6,15H2,1-2H3,(H,27,28)(H,29,30). The van der Waals surface area contributed by atoms with Gasteiger partial charge in [-0.2, -0.15) is 0 Å². The minimum Gasteiger partial charge on any atom is -0.478 e. The Morgan fingerprint density at radius 2 is 1.53 bits per heavy atom. The molecular weight excluding hydrogens is 427 g/mol. The molecule has 2 N–H and O–H groups in total. The van der Waals surface area contributed by atoms with E-state index in [4.69, 9.17) is 9.84 Å². The molecule has 0 aromatic heterocycles. The van der Waals surface area contributed by atoms with Crippen molar-refractivity contribution in [3.05, 3.63) is 59.7 Å². The maximum Gasteiger partial charge on any atom is 0.573 e. The first-order valence-electron chi connectivity index (χ1n) is 9.57. The predicted octanol–water partition coefficient (Wildman–Crippen LogP) is 4.28. The molecule has 0 atom stereocenters. The molecule has 2 aromatic rings. The monoisotopic (exact) mass is 449 g/mol. The number of nitrogens with one attached hydrogen (secondary N) is 1. The van der Waals surface area contributed by atoms with E-state index in [0.29, 0.717) is 11.3 Å². The van der Waals surface area contributed by atoms with E-state index in [-0.39, 0.29) is 31.0 Å². The van der Waals surface area contributed by atoms with Crippen molar-refractivity contribution < 1.29 is 37.3 Å². The molecule has 0 fully saturated rings. The molecule has 0 heterocycles. The Morgan fingerprint density at radius 3 is 2.09 bits per heavy atom. The van der Waals surface area contributed by atoms with E-state index < -0.39 is 17.9 Å². The van der Waals surface area contributed by atoms with Crippen LogP contribution in [0.15, 0.2) is 48.5 Å². The molecule has 9 heteroatoms. The lowest BCUT2D eigenvalue weighted by atomic mass is 10.1. The van der Waals surface area contributed by atoms with E-state index in [1.54, 1.807) is 24.3 Å². The van der Waals surface area contributed by atoms with Gasteiger partial charge in [-0.1, -0.05) is 24.0 Å². The molecule has 2 aromatic carbocycles. The maximum atomic E-state index is 12.1. The van der Waals surface area contributed by atoms with Crippen LogP contribution in [0.5, 0.6) is 11.5 Å². The van der Waals surface area contributed by atoms with Crippen molar-refractivity contribution >= 4 is 11.9 Å². The molecule has 0 aliphatic carbocycles. The number of carbonyl (C=O) groups is 2. The molecule has 0 spiro atoms. The first kappa shape index (κ1) is 24.6. The summed E-state index contributed by atoms with van der Waals surface area (Å²) in [7, 11) is 0. The van der Waals surface area contributed by atoms with Crippen molar-refractivity contribution in [1.29, 1.82) is 0 Å². The minimum atomic E-state index is -4.74. The van der Waals surface area contributed by atoms with Crippen molar-refractivity contribution in [3.8, 4) is 23.3 Å². The van der Waals surface area contributed by atoms with Crippen LogP contribution >= 0.6 is 0 Å². The number of ether oxygens (including phenoxy) is 2. The van der Waals surface area contributed by atoms with Crippen LogP contribution in [0.25, 0.3) is 0 Å². The molecule has 0 unspecified atom stereocenters. The fourth-order valence-corrected chi connectivity index (χ4v) is 2.38. The van der Waals surface area contributed by atoms with E-state index in [2.05, 4.69) is 21.9 Å². The van der Waals surface area contributed by atoms with Crippen LogP contribution in [0, 0.1) is 11.8 Å². The molecule has 0 radical (unpaired) electrons. The third-order valence-corrected chi connectivity index (χ3v) is 4.10. The lowest BCUT2D eigenvalue weighted by molar-refractivity contribution is -0.274. The number of rotatable bonds is 8. The average molecular weight is 449 g/mol. The molecule has 6 nitrogen and oxygen atoms in total. The Labute approximate surface area is 183 Å². The second-order valence-corrected chi connectivity index (χ2v) is 7.21. The van der Waals surface area contributed by atoms with Crippen LogP contribution in [0.1, 0.15) is 37.8 Å². The number of aliphatic carboxylic acids is 1. The Balaban J connectivity index is 1.75. The predicted molar refractivity (Wildman–Crippen MR) is 110 cm³/mol. The Morgan fingerprint density at radius 1 is 0.969 bits per heavy atom. The number of hydrogen-bond donors (Lipinski definition) is 2. The highest BCUT2D eigenvalue weighted by molar-refractivity contribution is 5.77. The first-order chi connectivity index (χ1) is 14.9. The summed E-state index contributed by atoms with van der Waals surface area (Å²) in [5.41, 5.74) is -0.0327. The largest absolute Gasteiger partial charge is 0.573 e. The van der Waals surface area contributed by atoms with Crippen molar-refractivity contribution in [2.45, 2.75) is 45.2 Å². The summed E-state index contributed by atoms with van der Waals surface area (Å²) in [4.78, 5) is 23.0. The van der Waals surface area contributed by atoms with Gasteiger partial charge in [0, 0.05) is 24.9 Å². The molecule has 32 heavy (non-hydrogen) atoms. The second kappa shape index (κ2) is 10.6. The SMILES string of the molecule is CC(C)(Oc1ccc(CNC(=O)CCC#Cc2ccc(OC(F)(F)F)cc2)cc1)C(=O)O. The van der Waals surface area contributed by atoms with Gasteiger partial charge in [-0.05, 0) is 55.8 Å². The topological polar surface area (TPSA) is 84.9 Å². The highest BCUT2D eigenvalue weighted by atomic mass is 19.4. The first-order valence-corrected chi connectivity index (χ1v) is 9.57. The number of halogens is 3. The smallest absolute Gasteiger partial charge is 0.478 e. The zero-order valence-corrected chi connectivity index (χ0v) is 17.5. The Bertz CT molecular complexity index is 988. The van der Waals surface area contributed by atoms with Gasteiger partial charge in [-0.3, -0.25) is 4.79 Å². The molecule has 1 amide bonds. The molecule has 0 aliphatic heterocycles. The number of carboxylic acid groups (broad SMARTS) is 1. The van der Waals surface area contributed by atoms with Gasteiger partial charge >= 0.3 is 12.3 Å². The number of benzene rings is 2. The third-order valence-electron chi connectivity index (χ3n) is 4.10. The number of carbonyl (C=O) groups excluding carboxylic acids is 1. The van der Waals surface area contributed by atoms with Crippen molar-refractivity contribution in [2.24, 2.45) is 0 Å². The summed E-state index contributed by atoms with van der Waals surface area (Å²) < 4.78 is 45.6. The van der Waals surface area contributed by atoms with Gasteiger partial charge in [0.15, 0.2) is 5.60 Å². The lowest BCUT2D eigenvalue weighted by Crippen LogP contribution is -2.37. The fourth-order valence-electron chi connectivity index (χ4n) is 2.38. The molecule has 2 rings (SSSR count). The highest BCUT2D eigenvalue weighted by Crippen LogP contribution is 2.22. The fraction of sp³-hybridized carbons (Fsp3) is 0.304. The summed E-state index contributed by atoms with van der Waals surface area (Å²) in [5.74, 6) is 4.36. The van der Waals surface area contributed by atoms with Gasteiger partial charge in [0.05, 0.1) is 0 Å². The van der Waals surface area contributed by atoms with Crippen LogP contribution in [0.4, 0.5) is 13.2 Å². The zero-order valence-electron chi connectivity index (χ0n) is 17.5. The summed E-state index contributed by atoms with van der Waals surface area (Å²) in [6.07, 6.45) is -4.30. The maximum absolute atomic E-state index is 12.1. The van der Waals surface area contributed by atoms with Gasteiger partial charge in [0.2, 0.25) is 5.91 Å². The van der Waals surface area contributed by atoms with Crippen molar-refractivity contribution in [2.75, 3.05) is 0 Å². The van der Waals surface area contributed by atoms with Crippen LogP contribution in [-0.2, 0) is 16.1 Å². The summed E-state index contributed by atoms with van der Waals surface area (Å²) in [6, 6.07) is 11.8. The van der Waals surface area contributed by atoms with E-state index in [9.17, 15) is 22.8 Å². The zero-order chi connectivity index (χ0) is 23.8. The Hall–Kier alpha value is -3.67. The number of carboxylic acids is 1. The van der Waals surface area contributed by atoms with Gasteiger partial charge in [0.1, 0.15) is 11.5 Å². The van der Waals surface area contributed by atoms with E-state index in [1.807, 2.05) is 0 Å². The quantitative estimate of drug-likeness (QED) is 0.588. The van der Waals surface area contributed by atoms with E-state index in [1.165, 1.54) is 38.1 Å². The normalized spacial score (nSPS) is 11.2. The van der Waals surface area contributed by atoms with Gasteiger partial charge in [-0.15, -0.1) is 13.2 Å². The molecule has 0 saturated carbocycles. The van der Waals surface area contributed by atoms with Crippen molar-refractivity contribution in [3.63, 3.8) is 0 Å². The number of alkyl halides is 3. The van der Waals surface area contributed by atoms with Gasteiger partial charge in [-0.25, -0.2) is 4.79 Å². The lowest BCUT2D eigenvalue weighted by Gasteiger charge is -2.21. The van der Waals surface area contributed by atoms with E-state index in [0.717, 1.165) is 5.56 Å². The average Bonchev–Trinajstić information content (AvgIpc) is 2.70. The van der Waals surface area contributed by atoms with Crippen LogP contribution in [0.3, 0.4) is 0 Å². The molecular formula is C23H22F3NO5. The van der Waals surface area contributed by atoms with Crippen molar-refractivity contribution in [1.82, 2.24) is 5.32 Å². The summed E-state index contributed by atoms with van der Waals surface area (Å²) in [5, 5.41) is 11.8. The molecule has 0 bridgehead atoms. The van der Waals surface area contributed by atoms with Crippen LogP contribution in [-0.4, -0.2) is 28.9 Å². The van der Waals surface area contributed by atoms with Gasteiger partial charge in [0.25, 0.3) is 0 Å². The summed E-state index contributed by atoms with van der Waals surface area (Å²) in [6.45, 7) is 3.18. The van der Waals surface area contributed by atoms with Crippen LogP contribution < -0.4 is 14.8 Å². The number of hydrogen-bond acceptors (Lipinski definition) is 4. The minimum absolute atomic E-state index is 0.163. The Kier molecular flexibility index (Phi) is 8.13.